The average molecular weight is 435 g/mol. The maximum absolute atomic E-state index is 14.3. The standard InChI is InChI=1S/C20H17F4N5O2/c21-14-7-12(1-2-17(14)31-20(23)24)13-8-18(28-26-10-13)27-16-9-19(25-11-15(16)22)29-3-5-30-6-4-29/h1-2,7-11,20H,3-6H2,(H,25,27,28). The number of pyridine rings is 1. The lowest BCUT2D eigenvalue weighted by molar-refractivity contribution is -0.0521. The van der Waals surface area contributed by atoms with E-state index in [9.17, 15) is 17.6 Å². The van der Waals surface area contributed by atoms with Crippen LogP contribution in [-0.4, -0.2) is 48.1 Å². The van der Waals surface area contributed by atoms with Crippen molar-refractivity contribution < 1.29 is 27.0 Å². The summed E-state index contributed by atoms with van der Waals surface area (Å²) in [6.45, 7) is -0.717. The van der Waals surface area contributed by atoms with Gasteiger partial charge in [0.1, 0.15) is 5.82 Å². The first-order chi connectivity index (χ1) is 15.0. The number of ether oxygens (including phenoxy) is 2. The predicted molar refractivity (Wildman–Crippen MR) is 105 cm³/mol. The highest BCUT2D eigenvalue weighted by atomic mass is 19.3. The predicted octanol–water partition coefficient (Wildman–Crippen LogP) is 4.00. The fraction of sp³-hybridized carbons (Fsp3) is 0.250. The molecule has 1 saturated heterocycles. The summed E-state index contributed by atoms with van der Waals surface area (Å²) in [6, 6.07) is 6.64. The number of nitrogens with zero attached hydrogens (tertiary/aromatic N) is 4. The molecule has 1 aromatic carbocycles. The molecule has 1 aliphatic rings. The fourth-order valence-corrected chi connectivity index (χ4v) is 3.08. The van der Waals surface area contributed by atoms with Crippen LogP contribution in [0, 0.1) is 11.6 Å². The zero-order valence-corrected chi connectivity index (χ0v) is 16.1. The topological polar surface area (TPSA) is 72.4 Å². The van der Waals surface area contributed by atoms with E-state index >= 15 is 0 Å². The zero-order valence-electron chi connectivity index (χ0n) is 16.1. The Morgan fingerprint density at radius 1 is 1.00 bits per heavy atom. The minimum absolute atomic E-state index is 0.148. The van der Waals surface area contributed by atoms with Gasteiger partial charge in [0, 0.05) is 24.7 Å². The van der Waals surface area contributed by atoms with Crippen molar-refractivity contribution >= 4 is 17.3 Å². The molecule has 0 bridgehead atoms. The number of hydrogen-bond donors (Lipinski definition) is 1. The second-order valence-electron chi connectivity index (χ2n) is 6.60. The average Bonchev–Trinajstić information content (AvgIpc) is 2.77. The molecule has 0 aliphatic carbocycles. The number of hydrogen-bond acceptors (Lipinski definition) is 7. The molecule has 31 heavy (non-hydrogen) atoms. The Balaban J connectivity index is 1.56. The third kappa shape index (κ3) is 5.00. The van der Waals surface area contributed by atoms with Crippen molar-refractivity contribution in [2.24, 2.45) is 0 Å². The van der Waals surface area contributed by atoms with Crippen LogP contribution in [0.25, 0.3) is 11.1 Å². The normalized spacial score (nSPS) is 14.0. The first-order valence-electron chi connectivity index (χ1n) is 9.32. The molecule has 7 nitrogen and oxygen atoms in total. The second kappa shape index (κ2) is 9.13. The van der Waals surface area contributed by atoms with Gasteiger partial charge >= 0.3 is 6.61 Å². The largest absolute Gasteiger partial charge is 0.432 e. The first kappa shape index (κ1) is 20.8. The number of aromatic nitrogens is 3. The summed E-state index contributed by atoms with van der Waals surface area (Å²) >= 11 is 0. The highest BCUT2D eigenvalue weighted by Crippen LogP contribution is 2.29. The molecular weight excluding hydrogens is 418 g/mol. The molecule has 1 aliphatic heterocycles. The molecule has 2 aromatic heterocycles. The van der Waals surface area contributed by atoms with Crippen molar-refractivity contribution in [2.45, 2.75) is 6.61 Å². The summed E-state index contributed by atoms with van der Waals surface area (Å²) < 4.78 is 62.4. The van der Waals surface area contributed by atoms with Gasteiger partial charge in [-0.15, -0.1) is 5.10 Å². The fourth-order valence-electron chi connectivity index (χ4n) is 3.08. The van der Waals surface area contributed by atoms with Crippen LogP contribution in [0.5, 0.6) is 5.75 Å². The van der Waals surface area contributed by atoms with Crippen molar-refractivity contribution in [3.63, 3.8) is 0 Å². The van der Waals surface area contributed by atoms with Crippen LogP contribution in [0.4, 0.5) is 34.9 Å². The van der Waals surface area contributed by atoms with Gasteiger partial charge in [-0.2, -0.15) is 13.9 Å². The van der Waals surface area contributed by atoms with Gasteiger partial charge in [0.25, 0.3) is 0 Å². The van der Waals surface area contributed by atoms with Gasteiger partial charge in [-0.05, 0) is 23.8 Å². The van der Waals surface area contributed by atoms with E-state index < -0.39 is 24.0 Å². The van der Waals surface area contributed by atoms with E-state index in [4.69, 9.17) is 4.74 Å². The Morgan fingerprint density at radius 3 is 2.55 bits per heavy atom. The van der Waals surface area contributed by atoms with Crippen LogP contribution in [0.2, 0.25) is 0 Å². The Kier molecular flexibility index (Phi) is 6.12. The van der Waals surface area contributed by atoms with Gasteiger partial charge in [0.05, 0.1) is 31.3 Å². The maximum Gasteiger partial charge on any atom is 0.387 e. The monoisotopic (exact) mass is 435 g/mol. The Bertz CT molecular complexity index is 1060. The third-order valence-electron chi connectivity index (χ3n) is 4.57. The van der Waals surface area contributed by atoms with Gasteiger partial charge in [-0.1, -0.05) is 6.07 Å². The lowest BCUT2D eigenvalue weighted by Crippen LogP contribution is -2.36. The number of anilines is 3. The molecule has 0 unspecified atom stereocenters. The molecule has 1 N–H and O–H groups in total. The molecule has 1 fully saturated rings. The van der Waals surface area contributed by atoms with Gasteiger partial charge < -0.3 is 19.7 Å². The van der Waals surface area contributed by atoms with E-state index in [1.54, 1.807) is 6.07 Å². The van der Waals surface area contributed by atoms with Crippen molar-refractivity contribution in [2.75, 3.05) is 36.5 Å². The molecule has 162 valence electrons. The Labute approximate surface area is 174 Å². The van der Waals surface area contributed by atoms with E-state index in [1.165, 1.54) is 18.3 Å². The minimum atomic E-state index is -3.13. The van der Waals surface area contributed by atoms with Gasteiger partial charge in [0.2, 0.25) is 0 Å². The van der Waals surface area contributed by atoms with Crippen LogP contribution in [-0.2, 0) is 4.74 Å². The third-order valence-corrected chi connectivity index (χ3v) is 4.57. The molecule has 0 spiro atoms. The molecule has 4 rings (SSSR count). The first-order valence-corrected chi connectivity index (χ1v) is 9.32. The lowest BCUT2D eigenvalue weighted by Gasteiger charge is -2.28. The maximum atomic E-state index is 14.3. The van der Waals surface area contributed by atoms with Gasteiger partial charge in [-0.25, -0.2) is 13.8 Å². The molecule has 3 aromatic rings. The SMILES string of the molecule is Fc1cnc(N2CCOCC2)cc1Nc1cc(-c2ccc(OC(F)F)c(F)c2)cnn1. The Morgan fingerprint density at radius 2 is 1.81 bits per heavy atom. The van der Waals surface area contributed by atoms with Crippen molar-refractivity contribution in [1.29, 1.82) is 0 Å². The van der Waals surface area contributed by atoms with Gasteiger partial charge in [-0.3, -0.25) is 0 Å². The highest BCUT2D eigenvalue weighted by Gasteiger charge is 2.16. The van der Waals surface area contributed by atoms with E-state index in [0.717, 1.165) is 18.3 Å². The van der Waals surface area contributed by atoms with Crippen molar-refractivity contribution in [3.8, 4) is 16.9 Å². The van der Waals surface area contributed by atoms with Gasteiger partial charge in [0.15, 0.2) is 23.2 Å². The number of halogens is 4. The van der Waals surface area contributed by atoms with Crippen LogP contribution in [0.15, 0.2) is 42.7 Å². The summed E-state index contributed by atoms with van der Waals surface area (Å²) in [6.07, 6.45) is 2.48. The van der Waals surface area contributed by atoms with Crippen LogP contribution in [0.1, 0.15) is 0 Å². The number of nitrogens with one attached hydrogen (secondary N) is 1. The minimum Gasteiger partial charge on any atom is -0.432 e. The number of rotatable bonds is 6. The van der Waals surface area contributed by atoms with Crippen molar-refractivity contribution in [1.82, 2.24) is 15.2 Å². The van der Waals surface area contributed by atoms with Crippen LogP contribution < -0.4 is 15.0 Å². The summed E-state index contributed by atoms with van der Waals surface area (Å²) in [7, 11) is 0. The Hall–Kier alpha value is -3.47. The van der Waals surface area contributed by atoms with E-state index in [0.29, 0.717) is 43.2 Å². The summed E-state index contributed by atoms with van der Waals surface area (Å²) in [5.41, 5.74) is 0.957. The van der Waals surface area contributed by atoms with E-state index in [1.807, 2.05) is 4.90 Å². The quantitative estimate of drug-likeness (QED) is 0.587. The molecule has 0 amide bonds. The summed E-state index contributed by atoms with van der Waals surface area (Å²) in [4.78, 5) is 6.09. The lowest BCUT2D eigenvalue weighted by atomic mass is 10.1. The summed E-state index contributed by atoms with van der Waals surface area (Å²) in [5.74, 6) is -1.28. The molecule has 3 heterocycles. The number of morpholine rings is 1. The molecule has 0 saturated carbocycles. The van der Waals surface area contributed by atoms with E-state index in [2.05, 4.69) is 25.2 Å². The van der Waals surface area contributed by atoms with Crippen LogP contribution in [0.3, 0.4) is 0 Å². The van der Waals surface area contributed by atoms with Crippen LogP contribution >= 0.6 is 0 Å². The number of benzene rings is 1. The molecule has 11 heteroatoms. The van der Waals surface area contributed by atoms with Crippen molar-refractivity contribution in [3.05, 3.63) is 54.4 Å². The molecule has 0 atom stereocenters. The molecule has 0 radical (unpaired) electrons. The summed E-state index contributed by atoms with van der Waals surface area (Å²) in [5, 5.41) is 10.6. The van der Waals surface area contributed by atoms with E-state index in [-0.39, 0.29) is 11.5 Å². The smallest absolute Gasteiger partial charge is 0.387 e. The molecular formula is C20H17F4N5O2. The zero-order chi connectivity index (χ0) is 21.8. The number of alkyl halides is 2. The highest BCUT2D eigenvalue weighted by molar-refractivity contribution is 5.69. The second-order valence-corrected chi connectivity index (χ2v) is 6.60.